The van der Waals surface area contributed by atoms with Gasteiger partial charge in [-0.25, -0.2) is 0 Å². The van der Waals surface area contributed by atoms with Crippen molar-refractivity contribution in [2.75, 3.05) is 6.61 Å². The van der Waals surface area contributed by atoms with E-state index in [-0.39, 0.29) is 23.2 Å². The van der Waals surface area contributed by atoms with E-state index in [2.05, 4.69) is 10.6 Å². The highest BCUT2D eigenvalue weighted by Gasteiger charge is 2.13. The molecule has 0 fully saturated rings. The first-order valence-corrected chi connectivity index (χ1v) is 6.55. The minimum Gasteiger partial charge on any atom is -0.484 e. The summed E-state index contributed by atoms with van der Waals surface area (Å²) in [5.41, 5.74) is -0.193. The topological polar surface area (TPSA) is 50.4 Å². The number of carbonyl (C=O) groups excluding carboxylic acids is 1. The molecule has 0 bridgehead atoms. The van der Waals surface area contributed by atoms with Gasteiger partial charge >= 0.3 is 0 Å². The Hall–Kier alpha value is -1.33. The molecule has 1 amide bonds. The monoisotopic (exact) mass is 300 g/mol. The molecule has 104 valence electrons. The highest BCUT2D eigenvalue weighted by Crippen LogP contribution is 2.15. The Morgan fingerprint density at radius 3 is 2.42 bits per heavy atom. The largest absolute Gasteiger partial charge is 0.484 e. The van der Waals surface area contributed by atoms with Crippen LogP contribution in [-0.2, 0) is 4.79 Å². The molecular formula is C13H17ClN2O2S. The third kappa shape index (κ3) is 6.98. The quantitative estimate of drug-likeness (QED) is 0.842. The van der Waals surface area contributed by atoms with E-state index in [1.807, 2.05) is 20.8 Å². The fraction of sp³-hybridized carbons (Fsp3) is 0.385. The molecule has 0 aliphatic rings. The van der Waals surface area contributed by atoms with Gasteiger partial charge in [0.2, 0.25) is 0 Å². The van der Waals surface area contributed by atoms with Crippen LogP contribution in [0.4, 0.5) is 0 Å². The number of halogens is 1. The van der Waals surface area contributed by atoms with Gasteiger partial charge in [0.15, 0.2) is 11.7 Å². The standard InChI is InChI=1S/C13H17ClN2O2S/c1-13(2,3)16-12(19)15-11(17)8-18-10-6-4-9(14)5-7-10/h4-7H,8H2,1-3H3,(H2,15,16,17,19). The zero-order chi connectivity index (χ0) is 14.5. The molecule has 0 unspecified atom stereocenters. The van der Waals surface area contributed by atoms with Crippen LogP contribution in [0.25, 0.3) is 0 Å². The molecule has 0 saturated carbocycles. The van der Waals surface area contributed by atoms with Crippen molar-refractivity contribution < 1.29 is 9.53 Å². The van der Waals surface area contributed by atoms with Crippen molar-refractivity contribution in [3.05, 3.63) is 29.3 Å². The second kappa shape index (κ2) is 6.73. The van der Waals surface area contributed by atoms with Crippen molar-refractivity contribution in [3.63, 3.8) is 0 Å². The van der Waals surface area contributed by atoms with Crippen molar-refractivity contribution in [1.29, 1.82) is 0 Å². The molecule has 6 heteroatoms. The maximum Gasteiger partial charge on any atom is 0.264 e. The molecule has 0 aliphatic heterocycles. The minimum atomic E-state index is -0.309. The Kier molecular flexibility index (Phi) is 5.57. The average molecular weight is 301 g/mol. The fourth-order valence-corrected chi connectivity index (χ4v) is 1.76. The summed E-state index contributed by atoms with van der Waals surface area (Å²) in [6.45, 7) is 5.76. The van der Waals surface area contributed by atoms with Gasteiger partial charge in [0, 0.05) is 10.6 Å². The summed E-state index contributed by atoms with van der Waals surface area (Å²) in [6, 6.07) is 6.78. The zero-order valence-corrected chi connectivity index (χ0v) is 12.7. The van der Waals surface area contributed by atoms with E-state index in [9.17, 15) is 4.79 Å². The lowest BCUT2D eigenvalue weighted by molar-refractivity contribution is -0.121. The van der Waals surface area contributed by atoms with E-state index < -0.39 is 0 Å². The summed E-state index contributed by atoms with van der Waals surface area (Å²) in [6.07, 6.45) is 0. The molecule has 0 radical (unpaired) electrons. The number of amides is 1. The van der Waals surface area contributed by atoms with E-state index in [0.717, 1.165) is 0 Å². The highest BCUT2D eigenvalue weighted by atomic mass is 35.5. The van der Waals surface area contributed by atoms with Gasteiger partial charge in [-0.3, -0.25) is 4.79 Å². The van der Waals surface area contributed by atoms with Gasteiger partial charge < -0.3 is 15.4 Å². The second-order valence-electron chi connectivity index (χ2n) is 4.99. The number of rotatable bonds is 3. The molecule has 0 aromatic heterocycles. The van der Waals surface area contributed by atoms with Crippen LogP contribution in [0.5, 0.6) is 5.75 Å². The molecule has 0 spiro atoms. The zero-order valence-electron chi connectivity index (χ0n) is 11.1. The van der Waals surface area contributed by atoms with Crippen LogP contribution in [0.3, 0.4) is 0 Å². The second-order valence-corrected chi connectivity index (χ2v) is 5.84. The van der Waals surface area contributed by atoms with E-state index >= 15 is 0 Å². The predicted molar refractivity (Wildman–Crippen MR) is 80.6 cm³/mol. The van der Waals surface area contributed by atoms with Gasteiger partial charge in [-0.05, 0) is 57.3 Å². The first-order chi connectivity index (χ1) is 8.76. The summed E-state index contributed by atoms with van der Waals surface area (Å²) < 4.78 is 5.30. The lowest BCUT2D eigenvalue weighted by Crippen LogP contribution is -2.49. The summed E-state index contributed by atoms with van der Waals surface area (Å²) in [7, 11) is 0. The number of benzene rings is 1. The lowest BCUT2D eigenvalue weighted by Gasteiger charge is -2.22. The SMILES string of the molecule is CC(C)(C)NC(=S)NC(=O)COc1ccc(Cl)cc1. The van der Waals surface area contributed by atoms with Gasteiger partial charge in [-0.1, -0.05) is 11.6 Å². The summed E-state index contributed by atoms with van der Waals surface area (Å²) >= 11 is 10.8. The molecule has 0 aliphatic carbocycles. The molecule has 19 heavy (non-hydrogen) atoms. The van der Waals surface area contributed by atoms with Crippen LogP contribution in [-0.4, -0.2) is 23.2 Å². The predicted octanol–water partition coefficient (Wildman–Crippen LogP) is 2.51. The van der Waals surface area contributed by atoms with Crippen molar-refractivity contribution in [1.82, 2.24) is 10.6 Å². The minimum absolute atomic E-state index is 0.104. The molecule has 0 atom stereocenters. The number of nitrogens with one attached hydrogen (secondary N) is 2. The molecular weight excluding hydrogens is 284 g/mol. The van der Waals surface area contributed by atoms with Crippen LogP contribution < -0.4 is 15.4 Å². The normalized spacial score (nSPS) is 10.7. The van der Waals surface area contributed by atoms with Crippen molar-refractivity contribution >= 4 is 34.8 Å². The molecule has 0 saturated heterocycles. The van der Waals surface area contributed by atoms with Crippen molar-refractivity contribution in [2.45, 2.75) is 26.3 Å². The van der Waals surface area contributed by atoms with Gasteiger partial charge in [0.1, 0.15) is 5.75 Å². The molecule has 1 rings (SSSR count). The summed E-state index contributed by atoms with van der Waals surface area (Å²) in [5, 5.41) is 6.44. The molecule has 0 heterocycles. The van der Waals surface area contributed by atoms with Gasteiger partial charge in [-0.2, -0.15) is 0 Å². The molecule has 2 N–H and O–H groups in total. The summed E-state index contributed by atoms with van der Waals surface area (Å²) in [5.74, 6) is 0.269. The van der Waals surface area contributed by atoms with Crippen molar-refractivity contribution in [2.24, 2.45) is 0 Å². The third-order valence-electron chi connectivity index (χ3n) is 1.93. The number of hydrogen-bond acceptors (Lipinski definition) is 3. The Morgan fingerprint density at radius 2 is 1.89 bits per heavy atom. The maximum absolute atomic E-state index is 11.6. The van der Waals surface area contributed by atoms with E-state index in [1.54, 1.807) is 24.3 Å². The maximum atomic E-state index is 11.6. The van der Waals surface area contributed by atoms with E-state index in [4.69, 9.17) is 28.6 Å². The Labute approximate surface area is 123 Å². The van der Waals surface area contributed by atoms with E-state index in [0.29, 0.717) is 10.8 Å². The van der Waals surface area contributed by atoms with Gasteiger partial charge in [0.25, 0.3) is 5.91 Å². The highest BCUT2D eigenvalue weighted by molar-refractivity contribution is 7.80. The first kappa shape index (κ1) is 15.7. The number of ether oxygens (including phenoxy) is 1. The Balaban J connectivity index is 2.36. The number of thiocarbonyl (C=S) groups is 1. The van der Waals surface area contributed by atoms with Crippen LogP contribution in [0.1, 0.15) is 20.8 Å². The third-order valence-corrected chi connectivity index (χ3v) is 2.38. The van der Waals surface area contributed by atoms with Crippen LogP contribution in [0, 0.1) is 0 Å². The Bertz CT molecular complexity index is 455. The summed E-state index contributed by atoms with van der Waals surface area (Å²) in [4.78, 5) is 11.6. The van der Waals surface area contributed by atoms with Crippen LogP contribution in [0.2, 0.25) is 5.02 Å². The molecule has 1 aromatic rings. The molecule has 4 nitrogen and oxygen atoms in total. The van der Waals surface area contributed by atoms with Gasteiger partial charge in [0.05, 0.1) is 0 Å². The van der Waals surface area contributed by atoms with Crippen LogP contribution >= 0.6 is 23.8 Å². The van der Waals surface area contributed by atoms with E-state index in [1.165, 1.54) is 0 Å². The Morgan fingerprint density at radius 1 is 1.32 bits per heavy atom. The average Bonchev–Trinajstić information content (AvgIpc) is 2.25. The smallest absolute Gasteiger partial charge is 0.264 e. The first-order valence-electron chi connectivity index (χ1n) is 5.76. The van der Waals surface area contributed by atoms with Gasteiger partial charge in [-0.15, -0.1) is 0 Å². The number of carbonyl (C=O) groups is 1. The van der Waals surface area contributed by atoms with Crippen molar-refractivity contribution in [3.8, 4) is 5.75 Å². The fourth-order valence-electron chi connectivity index (χ4n) is 1.21. The molecule has 1 aromatic carbocycles. The van der Waals surface area contributed by atoms with Crippen LogP contribution in [0.15, 0.2) is 24.3 Å². The lowest BCUT2D eigenvalue weighted by atomic mass is 10.1. The number of hydrogen-bond donors (Lipinski definition) is 2.